The van der Waals surface area contributed by atoms with E-state index in [4.69, 9.17) is 5.11 Å². The van der Waals surface area contributed by atoms with E-state index in [1.807, 2.05) is 0 Å². The van der Waals surface area contributed by atoms with Crippen molar-refractivity contribution in [2.75, 3.05) is 0 Å². The third-order valence-corrected chi connectivity index (χ3v) is 2.31. The first-order valence-electron chi connectivity index (χ1n) is 4.94. The molecule has 0 aliphatic heterocycles. The molecule has 0 saturated carbocycles. The number of carboxylic acids is 1. The Hall–Kier alpha value is -2.43. The first-order valence-corrected chi connectivity index (χ1v) is 4.94. The molecule has 0 radical (unpaired) electrons. The fourth-order valence-corrected chi connectivity index (χ4v) is 1.46. The quantitative estimate of drug-likeness (QED) is 0.822. The second-order valence-corrected chi connectivity index (χ2v) is 3.55. The largest absolute Gasteiger partial charge is 0.508 e. The minimum atomic E-state index is -1.05. The van der Waals surface area contributed by atoms with Crippen LogP contribution in [0.15, 0.2) is 30.5 Å². The fraction of sp³-hybridized carbons (Fsp3) is 0.0833. The molecule has 17 heavy (non-hydrogen) atoms. The zero-order valence-electron chi connectivity index (χ0n) is 9.08. The van der Waals surface area contributed by atoms with Crippen molar-refractivity contribution < 1.29 is 15.0 Å². The molecule has 0 saturated heterocycles. The number of aryl methyl sites for hydroxylation is 1. The van der Waals surface area contributed by atoms with Crippen molar-refractivity contribution in [3.05, 3.63) is 41.7 Å². The maximum Gasteiger partial charge on any atom is 0.339 e. The molecule has 1 aromatic heterocycles. The van der Waals surface area contributed by atoms with E-state index in [0.29, 0.717) is 17.1 Å². The average Bonchev–Trinajstić information content (AvgIpc) is 2.28. The fourth-order valence-electron chi connectivity index (χ4n) is 1.46. The van der Waals surface area contributed by atoms with E-state index in [2.05, 4.69) is 9.97 Å². The van der Waals surface area contributed by atoms with Gasteiger partial charge in [-0.05, 0) is 19.1 Å². The Morgan fingerprint density at radius 1 is 1.35 bits per heavy atom. The summed E-state index contributed by atoms with van der Waals surface area (Å²) < 4.78 is 0. The van der Waals surface area contributed by atoms with Gasteiger partial charge in [0.2, 0.25) is 0 Å². The van der Waals surface area contributed by atoms with Crippen molar-refractivity contribution in [2.45, 2.75) is 6.92 Å². The summed E-state index contributed by atoms with van der Waals surface area (Å²) >= 11 is 0. The minimum absolute atomic E-state index is 0.0777. The van der Waals surface area contributed by atoms with E-state index < -0.39 is 5.97 Å². The van der Waals surface area contributed by atoms with Gasteiger partial charge in [-0.2, -0.15) is 0 Å². The monoisotopic (exact) mass is 230 g/mol. The number of rotatable bonds is 2. The van der Waals surface area contributed by atoms with Crippen LogP contribution in [-0.2, 0) is 0 Å². The Bertz CT molecular complexity index is 582. The summed E-state index contributed by atoms with van der Waals surface area (Å²) in [5.41, 5.74) is 1.12. The van der Waals surface area contributed by atoms with Crippen LogP contribution in [0.25, 0.3) is 11.4 Å². The normalized spacial score (nSPS) is 10.2. The summed E-state index contributed by atoms with van der Waals surface area (Å²) in [6, 6.07) is 6.49. The Morgan fingerprint density at radius 3 is 2.71 bits per heavy atom. The number of hydrogen-bond acceptors (Lipinski definition) is 4. The van der Waals surface area contributed by atoms with Gasteiger partial charge in [0.15, 0.2) is 5.82 Å². The van der Waals surface area contributed by atoms with Gasteiger partial charge in [0.25, 0.3) is 0 Å². The Morgan fingerprint density at radius 2 is 2.12 bits per heavy atom. The molecule has 2 aromatic rings. The number of aromatic hydroxyl groups is 1. The van der Waals surface area contributed by atoms with Gasteiger partial charge in [-0.1, -0.05) is 12.1 Å². The Labute approximate surface area is 97.4 Å². The van der Waals surface area contributed by atoms with Gasteiger partial charge in [0.05, 0.1) is 11.3 Å². The predicted molar refractivity (Wildman–Crippen MR) is 60.8 cm³/mol. The number of nitrogens with zero attached hydrogens (tertiary/aromatic N) is 2. The van der Waals surface area contributed by atoms with E-state index >= 15 is 0 Å². The number of aromatic carboxylic acids is 1. The molecule has 1 aromatic carbocycles. The number of carboxylic acid groups (broad SMARTS) is 1. The smallest absolute Gasteiger partial charge is 0.339 e. The van der Waals surface area contributed by atoms with Crippen LogP contribution in [0.2, 0.25) is 0 Å². The van der Waals surface area contributed by atoms with Gasteiger partial charge >= 0.3 is 5.97 Å². The highest BCUT2D eigenvalue weighted by atomic mass is 16.4. The maximum absolute atomic E-state index is 10.8. The lowest BCUT2D eigenvalue weighted by molar-refractivity contribution is 0.0695. The van der Waals surface area contributed by atoms with Crippen LogP contribution in [0, 0.1) is 6.92 Å². The molecule has 0 unspecified atom stereocenters. The molecule has 1 heterocycles. The number of phenolic OH excluding ortho intramolecular Hbond substituents is 1. The first kappa shape index (κ1) is 11.1. The topological polar surface area (TPSA) is 83.3 Å². The second kappa shape index (κ2) is 4.21. The van der Waals surface area contributed by atoms with Gasteiger partial charge in [0, 0.05) is 11.8 Å². The summed E-state index contributed by atoms with van der Waals surface area (Å²) in [5.74, 6) is -0.542. The molecule has 0 aliphatic rings. The molecule has 0 bridgehead atoms. The van der Waals surface area contributed by atoms with Crippen molar-refractivity contribution in [1.82, 2.24) is 9.97 Å². The van der Waals surface area contributed by atoms with Gasteiger partial charge in [0.1, 0.15) is 5.75 Å². The lowest BCUT2D eigenvalue weighted by Crippen LogP contribution is -2.04. The number of phenols is 1. The third-order valence-electron chi connectivity index (χ3n) is 2.31. The summed E-state index contributed by atoms with van der Waals surface area (Å²) in [7, 11) is 0. The molecule has 0 fully saturated rings. The molecule has 2 N–H and O–H groups in total. The minimum Gasteiger partial charge on any atom is -0.508 e. The third kappa shape index (κ3) is 2.23. The molecule has 5 heteroatoms. The summed E-state index contributed by atoms with van der Waals surface area (Å²) in [4.78, 5) is 18.9. The average molecular weight is 230 g/mol. The van der Waals surface area contributed by atoms with Crippen molar-refractivity contribution in [3.63, 3.8) is 0 Å². The van der Waals surface area contributed by atoms with E-state index in [0.717, 1.165) is 0 Å². The van der Waals surface area contributed by atoms with Crippen LogP contribution in [0.4, 0.5) is 0 Å². The van der Waals surface area contributed by atoms with Crippen molar-refractivity contribution in [1.29, 1.82) is 0 Å². The van der Waals surface area contributed by atoms with E-state index in [1.165, 1.54) is 12.3 Å². The standard InChI is InChI=1S/C12H10N2O3/c1-7-10(12(16)17)6-13-11(14-7)8-3-2-4-9(15)5-8/h2-6,15H,1H3,(H,16,17). The SMILES string of the molecule is Cc1nc(-c2cccc(O)c2)ncc1C(=O)O. The second-order valence-electron chi connectivity index (χ2n) is 3.55. The molecule has 86 valence electrons. The molecule has 0 atom stereocenters. The lowest BCUT2D eigenvalue weighted by Gasteiger charge is -2.04. The number of carbonyl (C=O) groups is 1. The van der Waals surface area contributed by atoms with Crippen LogP contribution in [0.3, 0.4) is 0 Å². The van der Waals surface area contributed by atoms with E-state index in [1.54, 1.807) is 25.1 Å². The van der Waals surface area contributed by atoms with Gasteiger partial charge in [-0.3, -0.25) is 0 Å². The Balaban J connectivity index is 2.48. The van der Waals surface area contributed by atoms with Crippen molar-refractivity contribution in [3.8, 4) is 17.1 Å². The molecule has 0 amide bonds. The summed E-state index contributed by atoms with van der Waals surface area (Å²) in [6.45, 7) is 1.61. The molecule has 2 rings (SSSR count). The first-order chi connectivity index (χ1) is 8.08. The van der Waals surface area contributed by atoms with E-state index in [-0.39, 0.29) is 11.3 Å². The zero-order valence-corrected chi connectivity index (χ0v) is 9.08. The highest BCUT2D eigenvalue weighted by Gasteiger charge is 2.10. The molecular weight excluding hydrogens is 220 g/mol. The van der Waals surface area contributed by atoms with Crippen LogP contribution in [0.5, 0.6) is 5.75 Å². The summed E-state index contributed by atoms with van der Waals surface area (Å²) in [6.07, 6.45) is 1.27. The molecule has 5 nitrogen and oxygen atoms in total. The van der Waals surface area contributed by atoms with Gasteiger partial charge in [-0.15, -0.1) is 0 Å². The van der Waals surface area contributed by atoms with Crippen LogP contribution < -0.4 is 0 Å². The van der Waals surface area contributed by atoms with Gasteiger partial charge < -0.3 is 10.2 Å². The van der Waals surface area contributed by atoms with Crippen LogP contribution in [-0.4, -0.2) is 26.2 Å². The number of aromatic nitrogens is 2. The lowest BCUT2D eigenvalue weighted by atomic mass is 10.2. The van der Waals surface area contributed by atoms with Gasteiger partial charge in [-0.25, -0.2) is 14.8 Å². The maximum atomic E-state index is 10.8. The van der Waals surface area contributed by atoms with Crippen LogP contribution in [0.1, 0.15) is 16.1 Å². The zero-order chi connectivity index (χ0) is 12.4. The molecule has 0 spiro atoms. The highest BCUT2D eigenvalue weighted by molar-refractivity contribution is 5.88. The van der Waals surface area contributed by atoms with Crippen molar-refractivity contribution in [2.24, 2.45) is 0 Å². The highest BCUT2D eigenvalue weighted by Crippen LogP contribution is 2.20. The predicted octanol–water partition coefficient (Wildman–Crippen LogP) is 1.86. The van der Waals surface area contributed by atoms with Crippen LogP contribution >= 0.6 is 0 Å². The number of benzene rings is 1. The molecular formula is C12H10N2O3. The number of hydrogen-bond donors (Lipinski definition) is 2. The van der Waals surface area contributed by atoms with Crippen molar-refractivity contribution >= 4 is 5.97 Å². The van der Waals surface area contributed by atoms with E-state index in [9.17, 15) is 9.90 Å². The Kier molecular flexibility index (Phi) is 2.74. The molecule has 0 aliphatic carbocycles. The summed E-state index contributed by atoms with van der Waals surface area (Å²) in [5, 5.41) is 18.2.